The summed E-state index contributed by atoms with van der Waals surface area (Å²) < 4.78 is 5.54. The molecule has 0 bridgehead atoms. The van der Waals surface area contributed by atoms with Crippen molar-refractivity contribution in [2.75, 3.05) is 26.2 Å². The third kappa shape index (κ3) is 2.26. The van der Waals surface area contributed by atoms with Crippen LogP contribution in [-0.4, -0.2) is 49.2 Å². The van der Waals surface area contributed by atoms with Crippen LogP contribution >= 0.6 is 0 Å². The van der Waals surface area contributed by atoms with Gasteiger partial charge in [-0.25, -0.2) is 0 Å². The SMILES string of the molecule is O=C1COC2CNCC2N1CCc1ccccc1. The molecule has 2 saturated heterocycles. The fourth-order valence-electron chi connectivity index (χ4n) is 2.75. The van der Waals surface area contributed by atoms with Gasteiger partial charge < -0.3 is 15.0 Å². The highest BCUT2D eigenvalue weighted by Crippen LogP contribution is 2.18. The lowest BCUT2D eigenvalue weighted by Gasteiger charge is -2.36. The summed E-state index contributed by atoms with van der Waals surface area (Å²) in [6.45, 7) is 2.73. The van der Waals surface area contributed by atoms with Crippen LogP contribution in [0.4, 0.5) is 0 Å². The van der Waals surface area contributed by atoms with Gasteiger partial charge in [0.15, 0.2) is 0 Å². The quantitative estimate of drug-likeness (QED) is 0.841. The Bertz CT molecular complexity index is 421. The summed E-state index contributed by atoms with van der Waals surface area (Å²) in [4.78, 5) is 13.9. The molecule has 1 N–H and O–H groups in total. The molecule has 2 atom stereocenters. The van der Waals surface area contributed by atoms with Gasteiger partial charge in [-0.2, -0.15) is 0 Å². The molecule has 3 rings (SSSR count). The van der Waals surface area contributed by atoms with Crippen LogP contribution < -0.4 is 5.32 Å². The zero-order valence-electron chi connectivity index (χ0n) is 10.3. The van der Waals surface area contributed by atoms with Gasteiger partial charge in [-0.1, -0.05) is 30.3 Å². The zero-order valence-corrected chi connectivity index (χ0v) is 10.3. The minimum Gasteiger partial charge on any atom is -0.365 e. The number of carbonyl (C=O) groups excluding carboxylic acids is 1. The highest BCUT2D eigenvalue weighted by Gasteiger charge is 2.39. The molecule has 1 aromatic carbocycles. The Morgan fingerprint density at radius 3 is 2.94 bits per heavy atom. The standard InChI is InChI=1S/C14H18N2O2/c17-14-10-18-13-9-15-8-12(13)16(14)7-6-11-4-2-1-3-5-11/h1-5,12-13,15H,6-10H2. The van der Waals surface area contributed by atoms with E-state index in [1.165, 1.54) is 5.56 Å². The predicted octanol–water partition coefficient (Wildman–Crippen LogP) is 0.428. The van der Waals surface area contributed by atoms with Crippen LogP contribution in [0, 0.1) is 0 Å². The highest BCUT2D eigenvalue weighted by atomic mass is 16.5. The first kappa shape index (κ1) is 11.7. The van der Waals surface area contributed by atoms with Crippen molar-refractivity contribution in [2.45, 2.75) is 18.6 Å². The van der Waals surface area contributed by atoms with E-state index in [1.54, 1.807) is 0 Å². The molecule has 1 aromatic rings. The summed E-state index contributed by atoms with van der Waals surface area (Å²) in [5.74, 6) is 0.121. The normalized spacial score (nSPS) is 27.3. The van der Waals surface area contributed by atoms with Crippen LogP contribution in [0.2, 0.25) is 0 Å². The second-order valence-corrected chi connectivity index (χ2v) is 4.90. The maximum atomic E-state index is 11.9. The summed E-state index contributed by atoms with van der Waals surface area (Å²) in [5.41, 5.74) is 1.28. The Morgan fingerprint density at radius 2 is 2.11 bits per heavy atom. The summed E-state index contributed by atoms with van der Waals surface area (Å²) in [5, 5.41) is 3.29. The number of carbonyl (C=O) groups is 1. The number of fused-ring (bicyclic) bond motifs is 1. The van der Waals surface area contributed by atoms with Crippen LogP contribution in [0.25, 0.3) is 0 Å². The number of morpholine rings is 1. The number of amides is 1. The lowest BCUT2D eigenvalue weighted by Crippen LogP contribution is -2.54. The molecule has 2 unspecified atom stereocenters. The topological polar surface area (TPSA) is 41.6 Å². The molecule has 2 aliphatic rings. The fraction of sp³-hybridized carbons (Fsp3) is 0.500. The Balaban J connectivity index is 1.65. The molecule has 18 heavy (non-hydrogen) atoms. The van der Waals surface area contributed by atoms with Crippen LogP contribution in [0.15, 0.2) is 30.3 Å². The smallest absolute Gasteiger partial charge is 0.248 e. The van der Waals surface area contributed by atoms with Crippen LogP contribution in [-0.2, 0) is 16.0 Å². The average molecular weight is 246 g/mol. The van der Waals surface area contributed by atoms with Crippen molar-refractivity contribution in [3.63, 3.8) is 0 Å². The minimum absolute atomic E-state index is 0.121. The predicted molar refractivity (Wildman–Crippen MR) is 68.3 cm³/mol. The highest BCUT2D eigenvalue weighted by molar-refractivity contribution is 5.78. The first-order chi connectivity index (χ1) is 8.84. The number of benzene rings is 1. The second kappa shape index (κ2) is 5.08. The monoisotopic (exact) mass is 246 g/mol. The minimum atomic E-state index is 0.121. The van der Waals surface area contributed by atoms with E-state index in [4.69, 9.17) is 4.74 Å². The maximum Gasteiger partial charge on any atom is 0.248 e. The first-order valence-electron chi connectivity index (χ1n) is 6.50. The third-order valence-electron chi connectivity index (χ3n) is 3.75. The van der Waals surface area contributed by atoms with E-state index in [-0.39, 0.29) is 24.7 Å². The van der Waals surface area contributed by atoms with Crippen LogP contribution in [0.5, 0.6) is 0 Å². The van der Waals surface area contributed by atoms with E-state index >= 15 is 0 Å². The summed E-state index contributed by atoms with van der Waals surface area (Å²) in [6.07, 6.45) is 1.09. The number of hydrogen-bond acceptors (Lipinski definition) is 3. The van der Waals surface area contributed by atoms with E-state index in [0.717, 1.165) is 26.1 Å². The molecule has 2 fully saturated rings. The van der Waals surface area contributed by atoms with Crippen molar-refractivity contribution in [2.24, 2.45) is 0 Å². The molecule has 96 valence electrons. The van der Waals surface area contributed by atoms with Gasteiger partial charge in [-0.05, 0) is 12.0 Å². The molecular formula is C14H18N2O2. The largest absolute Gasteiger partial charge is 0.365 e. The van der Waals surface area contributed by atoms with Gasteiger partial charge in [0.25, 0.3) is 0 Å². The van der Waals surface area contributed by atoms with E-state index in [0.29, 0.717) is 0 Å². The Morgan fingerprint density at radius 1 is 1.28 bits per heavy atom. The maximum absolute atomic E-state index is 11.9. The average Bonchev–Trinajstić information content (AvgIpc) is 2.87. The van der Waals surface area contributed by atoms with Crippen molar-refractivity contribution < 1.29 is 9.53 Å². The lowest BCUT2D eigenvalue weighted by molar-refractivity contribution is -0.152. The third-order valence-corrected chi connectivity index (χ3v) is 3.75. The van der Waals surface area contributed by atoms with E-state index in [9.17, 15) is 4.79 Å². The molecule has 1 amide bonds. The molecule has 0 aliphatic carbocycles. The Kier molecular flexibility index (Phi) is 3.30. The van der Waals surface area contributed by atoms with Crippen molar-refractivity contribution >= 4 is 5.91 Å². The van der Waals surface area contributed by atoms with Crippen molar-refractivity contribution in [3.8, 4) is 0 Å². The van der Waals surface area contributed by atoms with E-state index in [1.807, 2.05) is 23.1 Å². The number of nitrogens with one attached hydrogen (secondary N) is 1. The van der Waals surface area contributed by atoms with E-state index < -0.39 is 0 Å². The van der Waals surface area contributed by atoms with Gasteiger partial charge >= 0.3 is 0 Å². The fourth-order valence-corrected chi connectivity index (χ4v) is 2.75. The summed E-state index contributed by atoms with van der Waals surface area (Å²) in [6, 6.07) is 10.5. The van der Waals surface area contributed by atoms with Gasteiger partial charge in [0.05, 0.1) is 12.1 Å². The van der Waals surface area contributed by atoms with Crippen LogP contribution in [0.3, 0.4) is 0 Å². The van der Waals surface area contributed by atoms with Crippen molar-refractivity contribution in [3.05, 3.63) is 35.9 Å². The summed E-state index contributed by atoms with van der Waals surface area (Å²) >= 11 is 0. The molecular weight excluding hydrogens is 228 g/mol. The van der Waals surface area contributed by atoms with Crippen LogP contribution in [0.1, 0.15) is 5.56 Å². The molecule has 2 aliphatic heterocycles. The molecule has 4 heteroatoms. The molecule has 0 saturated carbocycles. The molecule has 4 nitrogen and oxygen atoms in total. The van der Waals surface area contributed by atoms with Crippen molar-refractivity contribution in [1.29, 1.82) is 0 Å². The molecule has 2 heterocycles. The lowest BCUT2D eigenvalue weighted by atomic mass is 10.1. The zero-order chi connectivity index (χ0) is 12.4. The number of rotatable bonds is 3. The first-order valence-corrected chi connectivity index (χ1v) is 6.50. The number of ether oxygens (including phenoxy) is 1. The van der Waals surface area contributed by atoms with Gasteiger partial charge in [0.1, 0.15) is 6.61 Å². The van der Waals surface area contributed by atoms with Crippen molar-refractivity contribution in [1.82, 2.24) is 10.2 Å². The van der Waals surface area contributed by atoms with Gasteiger partial charge in [0.2, 0.25) is 5.91 Å². The molecule has 0 radical (unpaired) electrons. The number of nitrogens with zero attached hydrogens (tertiary/aromatic N) is 1. The summed E-state index contributed by atoms with van der Waals surface area (Å²) in [7, 11) is 0. The Hall–Kier alpha value is -1.39. The molecule has 0 spiro atoms. The van der Waals surface area contributed by atoms with Gasteiger partial charge in [0, 0.05) is 19.6 Å². The second-order valence-electron chi connectivity index (χ2n) is 4.90. The number of hydrogen-bond donors (Lipinski definition) is 1. The Labute approximate surface area is 107 Å². The van der Waals surface area contributed by atoms with E-state index in [2.05, 4.69) is 17.4 Å². The van der Waals surface area contributed by atoms with Gasteiger partial charge in [-0.3, -0.25) is 4.79 Å². The van der Waals surface area contributed by atoms with Gasteiger partial charge in [-0.15, -0.1) is 0 Å². The molecule has 0 aromatic heterocycles.